The van der Waals surface area contributed by atoms with Gasteiger partial charge in [0.05, 0.1) is 23.5 Å². The van der Waals surface area contributed by atoms with E-state index in [1.165, 1.54) is 22.3 Å². The van der Waals surface area contributed by atoms with Gasteiger partial charge in [-0.2, -0.15) is 0 Å². The molecule has 0 atom stereocenters. The van der Waals surface area contributed by atoms with Crippen LogP contribution in [0.15, 0.2) is 23.6 Å². The monoisotopic (exact) mass is 411 g/mol. The summed E-state index contributed by atoms with van der Waals surface area (Å²) in [6.07, 6.45) is -0.544. The maximum absolute atomic E-state index is 14.0. The van der Waals surface area contributed by atoms with Crippen LogP contribution in [0.2, 0.25) is 0 Å². The van der Waals surface area contributed by atoms with Gasteiger partial charge in [0, 0.05) is 31.0 Å². The first-order valence-electron chi connectivity index (χ1n) is 8.90. The van der Waals surface area contributed by atoms with E-state index in [9.17, 15) is 14.0 Å². The third-order valence-corrected chi connectivity index (χ3v) is 4.65. The summed E-state index contributed by atoms with van der Waals surface area (Å²) in [6.45, 7) is 6.40. The second-order valence-electron chi connectivity index (χ2n) is 7.04. The zero-order valence-corrected chi connectivity index (χ0v) is 17.3. The summed E-state index contributed by atoms with van der Waals surface area (Å²) in [5, 5.41) is 7.75. The standard InChI is InChI=1S/C19H26FN3O4S/c1-19(2,3)27-18(25)22-9-8-21-17(24)23(10-11-26-4)15-12-28-16-13(15)6-5-7-14(16)20/h5-7,12H,8-11H2,1-4H3,(H,21,24)(H,22,25). The molecular weight excluding hydrogens is 385 g/mol. The maximum Gasteiger partial charge on any atom is 0.407 e. The number of fused-ring (bicyclic) bond motifs is 1. The van der Waals surface area contributed by atoms with Gasteiger partial charge in [0.2, 0.25) is 0 Å². The summed E-state index contributed by atoms with van der Waals surface area (Å²) in [4.78, 5) is 25.8. The molecule has 1 aromatic heterocycles. The number of benzene rings is 1. The maximum atomic E-state index is 14.0. The Morgan fingerprint density at radius 2 is 1.93 bits per heavy atom. The highest BCUT2D eigenvalue weighted by atomic mass is 32.1. The van der Waals surface area contributed by atoms with Gasteiger partial charge in [-0.05, 0) is 26.8 Å². The van der Waals surface area contributed by atoms with Gasteiger partial charge >= 0.3 is 12.1 Å². The number of halogens is 1. The lowest BCUT2D eigenvalue weighted by Gasteiger charge is -2.23. The molecule has 0 saturated heterocycles. The Morgan fingerprint density at radius 1 is 1.21 bits per heavy atom. The molecule has 0 aliphatic carbocycles. The van der Waals surface area contributed by atoms with Crippen LogP contribution in [0.1, 0.15) is 20.8 Å². The molecule has 0 radical (unpaired) electrons. The lowest BCUT2D eigenvalue weighted by atomic mass is 10.2. The van der Waals surface area contributed by atoms with Crippen molar-refractivity contribution in [2.24, 2.45) is 0 Å². The number of rotatable bonds is 7. The molecule has 7 nitrogen and oxygen atoms in total. The minimum absolute atomic E-state index is 0.220. The fraction of sp³-hybridized carbons (Fsp3) is 0.474. The molecule has 0 aliphatic heterocycles. The van der Waals surface area contributed by atoms with Crippen molar-refractivity contribution in [2.45, 2.75) is 26.4 Å². The molecule has 1 heterocycles. The second-order valence-corrected chi connectivity index (χ2v) is 7.92. The number of urea groups is 1. The lowest BCUT2D eigenvalue weighted by Crippen LogP contribution is -2.45. The Labute approximate surface area is 167 Å². The van der Waals surface area contributed by atoms with Gasteiger partial charge in [0.15, 0.2) is 0 Å². The van der Waals surface area contributed by atoms with Crippen molar-refractivity contribution in [3.8, 4) is 0 Å². The molecule has 3 amide bonds. The number of thiophene rings is 1. The molecular formula is C19H26FN3O4S. The second kappa shape index (κ2) is 9.70. The smallest absolute Gasteiger partial charge is 0.407 e. The van der Waals surface area contributed by atoms with Crippen LogP contribution >= 0.6 is 11.3 Å². The van der Waals surface area contributed by atoms with E-state index < -0.39 is 11.7 Å². The molecule has 2 rings (SSSR count). The molecule has 9 heteroatoms. The Hall–Kier alpha value is -2.39. The SMILES string of the molecule is COCCN(C(=O)NCCNC(=O)OC(C)(C)C)c1csc2c(F)cccc12. The Bertz CT molecular complexity index is 819. The summed E-state index contributed by atoms with van der Waals surface area (Å²) >= 11 is 1.25. The van der Waals surface area contributed by atoms with Gasteiger partial charge in [-0.3, -0.25) is 4.90 Å². The van der Waals surface area contributed by atoms with E-state index in [1.807, 2.05) is 0 Å². The number of amides is 3. The normalized spacial score (nSPS) is 11.3. The summed E-state index contributed by atoms with van der Waals surface area (Å²) in [5.74, 6) is -0.317. The number of ether oxygens (including phenoxy) is 2. The average Bonchev–Trinajstić information content (AvgIpc) is 3.03. The van der Waals surface area contributed by atoms with Crippen molar-refractivity contribution in [2.75, 3.05) is 38.3 Å². The molecule has 0 aliphatic rings. The number of alkyl carbamates (subject to hydrolysis) is 1. The van der Waals surface area contributed by atoms with Crippen molar-refractivity contribution >= 4 is 39.2 Å². The van der Waals surface area contributed by atoms with E-state index in [-0.39, 0.29) is 24.9 Å². The van der Waals surface area contributed by atoms with E-state index >= 15 is 0 Å². The molecule has 0 saturated carbocycles. The predicted octanol–water partition coefficient (Wildman–Crippen LogP) is 3.73. The highest BCUT2D eigenvalue weighted by Crippen LogP contribution is 2.34. The Kier molecular flexibility index (Phi) is 7.59. The highest BCUT2D eigenvalue weighted by Gasteiger charge is 2.20. The van der Waals surface area contributed by atoms with Gasteiger partial charge in [0.25, 0.3) is 0 Å². The van der Waals surface area contributed by atoms with Gasteiger partial charge in [-0.1, -0.05) is 12.1 Å². The summed E-state index contributed by atoms with van der Waals surface area (Å²) in [7, 11) is 1.55. The molecule has 2 aromatic rings. The Balaban J connectivity index is 1.99. The molecule has 0 fully saturated rings. The lowest BCUT2D eigenvalue weighted by molar-refractivity contribution is 0.0528. The number of methoxy groups -OCH3 is 1. The molecule has 1 aromatic carbocycles. The number of carbonyl (C=O) groups excluding carboxylic acids is 2. The quantitative estimate of drug-likeness (QED) is 0.681. The number of nitrogens with zero attached hydrogens (tertiary/aromatic N) is 1. The largest absolute Gasteiger partial charge is 0.444 e. The highest BCUT2D eigenvalue weighted by molar-refractivity contribution is 7.17. The summed E-state index contributed by atoms with van der Waals surface area (Å²) in [6, 6.07) is 4.43. The third kappa shape index (κ3) is 6.07. The third-order valence-electron chi connectivity index (χ3n) is 3.66. The van der Waals surface area contributed by atoms with Crippen molar-refractivity contribution < 1.29 is 23.5 Å². The summed E-state index contributed by atoms with van der Waals surface area (Å²) < 4.78 is 24.7. The fourth-order valence-electron chi connectivity index (χ4n) is 2.48. The number of nitrogens with one attached hydrogen (secondary N) is 2. The van der Waals surface area contributed by atoms with Crippen LogP contribution in [0.25, 0.3) is 10.1 Å². The molecule has 0 bridgehead atoms. The van der Waals surface area contributed by atoms with Crippen LogP contribution in [-0.4, -0.2) is 51.1 Å². The first-order chi connectivity index (χ1) is 13.2. The first kappa shape index (κ1) is 21.9. The molecule has 154 valence electrons. The van der Waals surface area contributed by atoms with E-state index in [2.05, 4.69) is 10.6 Å². The minimum Gasteiger partial charge on any atom is -0.444 e. The molecule has 0 unspecified atom stereocenters. The predicted molar refractivity (Wildman–Crippen MR) is 109 cm³/mol. The number of hydrogen-bond acceptors (Lipinski definition) is 5. The Morgan fingerprint density at radius 3 is 2.61 bits per heavy atom. The zero-order chi connectivity index (χ0) is 20.7. The van der Waals surface area contributed by atoms with Crippen LogP contribution in [0.4, 0.5) is 19.7 Å². The van der Waals surface area contributed by atoms with Crippen molar-refractivity contribution in [1.82, 2.24) is 10.6 Å². The van der Waals surface area contributed by atoms with E-state index in [0.29, 0.717) is 28.9 Å². The van der Waals surface area contributed by atoms with Crippen molar-refractivity contribution in [1.29, 1.82) is 0 Å². The van der Waals surface area contributed by atoms with Crippen LogP contribution < -0.4 is 15.5 Å². The van der Waals surface area contributed by atoms with Gasteiger partial charge < -0.3 is 20.1 Å². The van der Waals surface area contributed by atoms with Gasteiger partial charge in [-0.15, -0.1) is 11.3 Å². The van der Waals surface area contributed by atoms with Crippen LogP contribution in [-0.2, 0) is 9.47 Å². The minimum atomic E-state index is -0.584. The average molecular weight is 411 g/mol. The first-order valence-corrected chi connectivity index (χ1v) is 9.78. The number of hydrogen-bond donors (Lipinski definition) is 2. The topological polar surface area (TPSA) is 79.9 Å². The molecule has 2 N–H and O–H groups in total. The van der Waals surface area contributed by atoms with E-state index in [1.54, 1.807) is 45.4 Å². The number of anilines is 1. The zero-order valence-electron chi connectivity index (χ0n) is 16.5. The number of carbonyl (C=O) groups is 2. The van der Waals surface area contributed by atoms with Crippen LogP contribution in [0.3, 0.4) is 0 Å². The molecule has 0 spiro atoms. The van der Waals surface area contributed by atoms with Gasteiger partial charge in [0.1, 0.15) is 11.4 Å². The summed E-state index contributed by atoms with van der Waals surface area (Å²) in [5.41, 5.74) is 0.0358. The van der Waals surface area contributed by atoms with Crippen molar-refractivity contribution in [3.63, 3.8) is 0 Å². The van der Waals surface area contributed by atoms with Crippen LogP contribution in [0, 0.1) is 5.82 Å². The fourth-order valence-corrected chi connectivity index (χ4v) is 3.44. The van der Waals surface area contributed by atoms with E-state index in [0.717, 1.165) is 0 Å². The van der Waals surface area contributed by atoms with E-state index in [4.69, 9.17) is 9.47 Å². The molecule has 28 heavy (non-hydrogen) atoms. The van der Waals surface area contributed by atoms with Crippen LogP contribution in [0.5, 0.6) is 0 Å². The van der Waals surface area contributed by atoms with Crippen molar-refractivity contribution in [3.05, 3.63) is 29.4 Å². The van der Waals surface area contributed by atoms with Gasteiger partial charge in [-0.25, -0.2) is 14.0 Å².